The van der Waals surface area contributed by atoms with Gasteiger partial charge in [-0.15, -0.1) is 0 Å². The zero-order valence-corrected chi connectivity index (χ0v) is 9.22. The first-order chi connectivity index (χ1) is 7.68. The Hall–Kier alpha value is -1.80. The summed E-state index contributed by atoms with van der Waals surface area (Å²) in [5.41, 5.74) is 8.74. The predicted octanol–water partition coefficient (Wildman–Crippen LogP) is 3.08. The Kier molecular flexibility index (Phi) is 2.93. The van der Waals surface area contributed by atoms with E-state index >= 15 is 0 Å². The fourth-order valence-electron chi connectivity index (χ4n) is 1.71. The fraction of sp³-hybridized carbons (Fsp3) is 0.143. The van der Waals surface area contributed by atoms with E-state index < -0.39 is 0 Å². The van der Waals surface area contributed by atoms with E-state index in [9.17, 15) is 5.11 Å². The lowest BCUT2D eigenvalue weighted by molar-refractivity contribution is 0.477. The van der Waals surface area contributed by atoms with Crippen LogP contribution >= 0.6 is 0 Å². The predicted molar refractivity (Wildman–Crippen MR) is 66.1 cm³/mol. The number of hydrogen-bond donors (Lipinski definition) is 2. The number of hydrogen-bond acceptors (Lipinski definition) is 2. The van der Waals surface area contributed by atoms with Gasteiger partial charge >= 0.3 is 0 Å². The summed E-state index contributed by atoms with van der Waals surface area (Å²) < 4.78 is 0. The average Bonchev–Trinajstić information content (AvgIpc) is 2.30. The van der Waals surface area contributed by atoms with Gasteiger partial charge in [0, 0.05) is 11.6 Å². The molecular formula is C14H15NO. The van der Waals surface area contributed by atoms with Crippen molar-refractivity contribution in [2.24, 2.45) is 5.73 Å². The molecule has 0 aliphatic carbocycles. The molecule has 0 aliphatic heterocycles. The van der Waals surface area contributed by atoms with E-state index in [2.05, 4.69) is 0 Å². The molecule has 2 heteroatoms. The summed E-state index contributed by atoms with van der Waals surface area (Å²) in [6.45, 7) is 1.95. The molecule has 0 fully saturated rings. The van der Waals surface area contributed by atoms with Gasteiger partial charge in [-0.25, -0.2) is 0 Å². The summed E-state index contributed by atoms with van der Waals surface area (Å²) in [5, 5.41) is 9.76. The van der Waals surface area contributed by atoms with E-state index in [1.807, 2.05) is 49.4 Å². The van der Waals surface area contributed by atoms with Crippen LogP contribution in [0.15, 0.2) is 48.5 Å². The maximum absolute atomic E-state index is 9.76. The zero-order chi connectivity index (χ0) is 11.5. The van der Waals surface area contributed by atoms with Gasteiger partial charge < -0.3 is 10.8 Å². The lowest BCUT2D eigenvalue weighted by Crippen LogP contribution is -2.04. The molecule has 0 saturated heterocycles. The van der Waals surface area contributed by atoms with Gasteiger partial charge in [0.05, 0.1) is 0 Å². The van der Waals surface area contributed by atoms with Gasteiger partial charge in [-0.3, -0.25) is 0 Å². The highest BCUT2D eigenvalue weighted by Gasteiger charge is 2.05. The summed E-state index contributed by atoms with van der Waals surface area (Å²) in [6.07, 6.45) is 0. The second kappa shape index (κ2) is 4.37. The molecule has 0 aromatic heterocycles. The Morgan fingerprint density at radius 2 is 1.81 bits per heavy atom. The minimum atomic E-state index is 0.00538. The number of phenols is 1. The highest BCUT2D eigenvalue weighted by molar-refractivity contribution is 5.70. The molecule has 82 valence electrons. The average molecular weight is 213 g/mol. The van der Waals surface area contributed by atoms with Crippen LogP contribution in [0.2, 0.25) is 0 Å². The monoisotopic (exact) mass is 213 g/mol. The number of phenolic OH excluding ortho intramolecular Hbond substituents is 1. The number of nitrogens with two attached hydrogens (primary N) is 1. The Bertz CT molecular complexity index is 492. The lowest BCUT2D eigenvalue weighted by Gasteiger charge is -2.09. The van der Waals surface area contributed by atoms with Crippen LogP contribution in [-0.2, 0) is 0 Å². The van der Waals surface area contributed by atoms with Crippen LogP contribution in [-0.4, -0.2) is 5.11 Å². The van der Waals surface area contributed by atoms with E-state index in [-0.39, 0.29) is 6.04 Å². The zero-order valence-electron chi connectivity index (χ0n) is 9.22. The van der Waals surface area contributed by atoms with Crippen LogP contribution in [0.25, 0.3) is 11.1 Å². The first-order valence-corrected chi connectivity index (χ1v) is 5.32. The summed E-state index contributed by atoms with van der Waals surface area (Å²) >= 11 is 0. The van der Waals surface area contributed by atoms with Crippen molar-refractivity contribution in [2.75, 3.05) is 0 Å². The van der Waals surface area contributed by atoms with Crippen LogP contribution in [0.1, 0.15) is 18.5 Å². The summed E-state index contributed by atoms with van der Waals surface area (Å²) in [5.74, 6) is 0.296. The second-order valence-corrected chi connectivity index (χ2v) is 3.93. The fourth-order valence-corrected chi connectivity index (χ4v) is 1.71. The largest absolute Gasteiger partial charge is 0.507 e. The molecule has 2 aromatic rings. The molecule has 0 aliphatic rings. The van der Waals surface area contributed by atoms with Crippen molar-refractivity contribution in [2.45, 2.75) is 13.0 Å². The molecule has 2 rings (SSSR count). The molecule has 0 amide bonds. The minimum absolute atomic E-state index is 0.00538. The van der Waals surface area contributed by atoms with Crippen molar-refractivity contribution in [1.82, 2.24) is 0 Å². The Morgan fingerprint density at radius 1 is 1.06 bits per heavy atom. The number of rotatable bonds is 2. The molecule has 1 atom stereocenters. The third-order valence-corrected chi connectivity index (χ3v) is 2.63. The van der Waals surface area contributed by atoms with Crippen LogP contribution in [0, 0.1) is 0 Å². The molecular weight excluding hydrogens is 198 g/mol. The van der Waals surface area contributed by atoms with Crippen LogP contribution in [0.4, 0.5) is 0 Å². The molecule has 0 saturated carbocycles. The molecule has 3 N–H and O–H groups in total. The number of para-hydroxylation sites is 1. The van der Waals surface area contributed by atoms with E-state index in [4.69, 9.17) is 5.73 Å². The Morgan fingerprint density at radius 3 is 2.50 bits per heavy atom. The smallest absolute Gasteiger partial charge is 0.123 e. The van der Waals surface area contributed by atoms with Crippen LogP contribution in [0.3, 0.4) is 0 Å². The van der Waals surface area contributed by atoms with Crippen LogP contribution in [0.5, 0.6) is 5.75 Å². The molecule has 0 heterocycles. The van der Waals surface area contributed by atoms with Gasteiger partial charge in [0.1, 0.15) is 5.75 Å². The molecule has 2 nitrogen and oxygen atoms in total. The third-order valence-electron chi connectivity index (χ3n) is 2.63. The van der Waals surface area contributed by atoms with Crippen molar-refractivity contribution in [1.29, 1.82) is 0 Å². The van der Waals surface area contributed by atoms with Gasteiger partial charge in [0.15, 0.2) is 0 Å². The lowest BCUT2D eigenvalue weighted by atomic mass is 10.00. The quantitative estimate of drug-likeness (QED) is 0.805. The highest BCUT2D eigenvalue weighted by Crippen LogP contribution is 2.29. The normalized spacial score (nSPS) is 12.4. The summed E-state index contributed by atoms with van der Waals surface area (Å²) in [4.78, 5) is 0. The molecule has 16 heavy (non-hydrogen) atoms. The SMILES string of the molecule is CC(N)c1cccc(-c2ccccc2O)c1. The molecule has 0 bridgehead atoms. The molecule has 1 unspecified atom stereocenters. The van der Waals surface area contributed by atoms with Gasteiger partial charge in [-0.05, 0) is 30.2 Å². The van der Waals surface area contributed by atoms with Crippen molar-refractivity contribution < 1.29 is 5.11 Å². The molecule has 0 spiro atoms. The van der Waals surface area contributed by atoms with Gasteiger partial charge in [-0.1, -0.05) is 36.4 Å². The molecule has 2 aromatic carbocycles. The Labute approximate surface area is 95.4 Å². The van der Waals surface area contributed by atoms with Crippen molar-refractivity contribution in [3.63, 3.8) is 0 Å². The van der Waals surface area contributed by atoms with Gasteiger partial charge in [-0.2, -0.15) is 0 Å². The number of benzene rings is 2. The van der Waals surface area contributed by atoms with Crippen LogP contribution < -0.4 is 5.73 Å². The maximum Gasteiger partial charge on any atom is 0.123 e. The third kappa shape index (κ3) is 2.07. The van der Waals surface area contributed by atoms with E-state index in [0.29, 0.717) is 5.75 Å². The van der Waals surface area contributed by atoms with Crippen molar-refractivity contribution in [3.8, 4) is 16.9 Å². The van der Waals surface area contributed by atoms with Crippen molar-refractivity contribution in [3.05, 3.63) is 54.1 Å². The minimum Gasteiger partial charge on any atom is -0.507 e. The number of aromatic hydroxyl groups is 1. The van der Waals surface area contributed by atoms with Crippen molar-refractivity contribution >= 4 is 0 Å². The summed E-state index contributed by atoms with van der Waals surface area (Å²) in [7, 11) is 0. The first-order valence-electron chi connectivity index (χ1n) is 5.32. The topological polar surface area (TPSA) is 46.2 Å². The van der Waals surface area contributed by atoms with Gasteiger partial charge in [0.25, 0.3) is 0 Å². The Balaban J connectivity index is 2.49. The first kappa shape index (κ1) is 10.7. The molecule has 0 radical (unpaired) electrons. The van der Waals surface area contributed by atoms with E-state index in [1.165, 1.54) is 0 Å². The standard InChI is InChI=1S/C14H15NO/c1-10(15)11-5-4-6-12(9-11)13-7-2-3-8-14(13)16/h2-10,16H,15H2,1H3. The van der Waals surface area contributed by atoms with Gasteiger partial charge in [0.2, 0.25) is 0 Å². The summed E-state index contributed by atoms with van der Waals surface area (Å²) in [6, 6.07) is 15.3. The second-order valence-electron chi connectivity index (χ2n) is 3.93. The maximum atomic E-state index is 9.76. The van der Waals surface area contributed by atoms with E-state index in [1.54, 1.807) is 6.07 Å². The van der Waals surface area contributed by atoms with E-state index in [0.717, 1.165) is 16.7 Å². The highest BCUT2D eigenvalue weighted by atomic mass is 16.3.